The summed E-state index contributed by atoms with van der Waals surface area (Å²) in [6.07, 6.45) is 2.95. The third-order valence-electron chi connectivity index (χ3n) is 5.00. The molecule has 4 rings (SSSR count). The Morgan fingerprint density at radius 1 is 1.04 bits per heavy atom. The van der Waals surface area contributed by atoms with Crippen molar-refractivity contribution >= 4 is 12.2 Å². The topological polar surface area (TPSA) is 26.0 Å². The Kier molecular flexibility index (Phi) is 4.51. The second kappa shape index (κ2) is 6.94. The van der Waals surface area contributed by atoms with Crippen molar-refractivity contribution in [3.05, 3.63) is 82.4 Å². The van der Waals surface area contributed by atoms with Crippen LogP contribution in [0.1, 0.15) is 29.7 Å². The standard InChI is InChI=1S/C20H22N4S/c1-16(17-7-3-2-4-8-17)23-14-21-24(20(23)25)15-22-12-11-18-9-5-6-10-19(18)13-22/h2-10,14,16H,11-13,15H2,1H3. The third kappa shape index (κ3) is 3.30. The quantitative estimate of drug-likeness (QED) is 0.664. The van der Waals surface area contributed by atoms with E-state index in [1.165, 1.54) is 16.7 Å². The average molecular weight is 350 g/mol. The van der Waals surface area contributed by atoms with Gasteiger partial charge in [-0.15, -0.1) is 0 Å². The van der Waals surface area contributed by atoms with Gasteiger partial charge in [-0.05, 0) is 42.3 Å². The summed E-state index contributed by atoms with van der Waals surface area (Å²) >= 11 is 5.68. The maximum Gasteiger partial charge on any atom is 0.199 e. The van der Waals surface area contributed by atoms with E-state index in [9.17, 15) is 0 Å². The largest absolute Gasteiger partial charge is 0.299 e. The molecular weight excluding hydrogens is 328 g/mol. The van der Waals surface area contributed by atoms with Crippen molar-refractivity contribution in [2.75, 3.05) is 6.54 Å². The predicted molar refractivity (Wildman–Crippen MR) is 102 cm³/mol. The van der Waals surface area contributed by atoms with Gasteiger partial charge in [0.2, 0.25) is 0 Å². The minimum Gasteiger partial charge on any atom is -0.299 e. The molecule has 128 valence electrons. The molecule has 1 unspecified atom stereocenters. The first-order valence-electron chi connectivity index (χ1n) is 8.70. The van der Waals surface area contributed by atoms with Crippen molar-refractivity contribution in [3.8, 4) is 0 Å². The van der Waals surface area contributed by atoms with Gasteiger partial charge in [0.25, 0.3) is 0 Å². The van der Waals surface area contributed by atoms with E-state index in [2.05, 4.69) is 70.0 Å². The lowest BCUT2D eigenvalue weighted by molar-refractivity contribution is 0.188. The van der Waals surface area contributed by atoms with Crippen LogP contribution in [0.5, 0.6) is 0 Å². The Hall–Kier alpha value is -2.24. The normalized spacial score (nSPS) is 15.7. The first kappa shape index (κ1) is 16.2. The lowest BCUT2D eigenvalue weighted by Gasteiger charge is -2.28. The van der Waals surface area contributed by atoms with Gasteiger partial charge in [-0.1, -0.05) is 54.6 Å². The van der Waals surface area contributed by atoms with Crippen LogP contribution in [0.4, 0.5) is 0 Å². The molecule has 0 amide bonds. The van der Waals surface area contributed by atoms with Crippen LogP contribution in [-0.4, -0.2) is 25.8 Å². The van der Waals surface area contributed by atoms with E-state index in [-0.39, 0.29) is 6.04 Å². The van der Waals surface area contributed by atoms with Gasteiger partial charge in [-0.25, -0.2) is 4.68 Å². The summed E-state index contributed by atoms with van der Waals surface area (Å²) in [5.74, 6) is 0. The number of hydrogen-bond acceptors (Lipinski definition) is 3. The van der Waals surface area contributed by atoms with Crippen LogP contribution in [0, 0.1) is 4.77 Å². The molecule has 0 spiro atoms. The minimum absolute atomic E-state index is 0.185. The molecule has 25 heavy (non-hydrogen) atoms. The van der Waals surface area contributed by atoms with Gasteiger partial charge in [0.05, 0.1) is 12.7 Å². The van der Waals surface area contributed by atoms with Crippen LogP contribution in [0.2, 0.25) is 0 Å². The summed E-state index contributed by atoms with van der Waals surface area (Å²) in [4.78, 5) is 2.41. The highest BCUT2D eigenvalue weighted by molar-refractivity contribution is 7.71. The Balaban J connectivity index is 1.52. The van der Waals surface area contributed by atoms with E-state index in [0.717, 1.165) is 31.0 Å². The number of hydrogen-bond donors (Lipinski definition) is 0. The number of benzene rings is 2. The Labute approximate surface area is 153 Å². The maximum atomic E-state index is 5.68. The van der Waals surface area contributed by atoms with E-state index in [0.29, 0.717) is 0 Å². The van der Waals surface area contributed by atoms with E-state index < -0.39 is 0 Å². The zero-order valence-corrected chi connectivity index (χ0v) is 15.2. The zero-order valence-electron chi connectivity index (χ0n) is 14.4. The van der Waals surface area contributed by atoms with Gasteiger partial charge < -0.3 is 0 Å². The van der Waals surface area contributed by atoms with Crippen molar-refractivity contribution < 1.29 is 0 Å². The molecule has 1 aliphatic rings. The Morgan fingerprint density at radius 2 is 1.76 bits per heavy atom. The molecule has 2 heterocycles. The number of nitrogens with zero attached hydrogens (tertiary/aromatic N) is 4. The number of fused-ring (bicyclic) bond motifs is 1. The molecular formula is C20H22N4S. The molecule has 0 radical (unpaired) electrons. The van der Waals surface area contributed by atoms with Crippen LogP contribution >= 0.6 is 12.2 Å². The Morgan fingerprint density at radius 3 is 2.56 bits per heavy atom. The van der Waals surface area contributed by atoms with Gasteiger partial charge in [0.15, 0.2) is 4.77 Å². The van der Waals surface area contributed by atoms with Crippen molar-refractivity contribution in [1.29, 1.82) is 0 Å². The summed E-state index contributed by atoms with van der Waals surface area (Å²) in [5.41, 5.74) is 4.12. The molecule has 5 heteroatoms. The molecule has 1 atom stereocenters. The molecule has 4 nitrogen and oxygen atoms in total. The van der Waals surface area contributed by atoms with Gasteiger partial charge >= 0.3 is 0 Å². The van der Waals surface area contributed by atoms with Crippen LogP contribution in [0.3, 0.4) is 0 Å². The van der Waals surface area contributed by atoms with E-state index in [1.807, 2.05) is 17.1 Å². The molecule has 0 aliphatic carbocycles. The number of aromatic nitrogens is 3. The molecule has 1 aromatic heterocycles. The van der Waals surface area contributed by atoms with Crippen molar-refractivity contribution in [2.24, 2.45) is 0 Å². The maximum absolute atomic E-state index is 5.68. The lowest BCUT2D eigenvalue weighted by atomic mass is 10.0. The summed E-state index contributed by atoms with van der Waals surface area (Å²) in [6, 6.07) is 19.3. The van der Waals surface area contributed by atoms with Gasteiger partial charge in [-0.3, -0.25) is 9.47 Å². The summed E-state index contributed by atoms with van der Waals surface area (Å²) < 4.78 is 4.78. The van der Waals surface area contributed by atoms with Crippen LogP contribution in [0.25, 0.3) is 0 Å². The molecule has 3 aromatic rings. The molecule has 0 N–H and O–H groups in total. The second-order valence-electron chi connectivity index (χ2n) is 6.62. The zero-order chi connectivity index (χ0) is 17.2. The van der Waals surface area contributed by atoms with E-state index in [4.69, 9.17) is 12.2 Å². The van der Waals surface area contributed by atoms with E-state index >= 15 is 0 Å². The molecule has 2 aromatic carbocycles. The molecule has 0 saturated heterocycles. The summed E-state index contributed by atoms with van der Waals surface area (Å²) in [5, 5.41) is 4.55. The highest BCUT2D eigenvalue weighted by Crippen LogP contribution is 2.20. The molecule has 0 fully saturated rings. The van der Waals surface area contributed by atoms with Crippen molar-refractivity contribution in [3.63, 3.8) is 0 Å². The first-order valence-corrected chi connectivity index (χ1v) is 9.11. The highest BCUT2D eigenvalue weighted by Gasteiger charge is 2.17. The molecule has 0 bridgehead atoms. The predicted octanol–water partition coefficient (Wildman–Crippen LogP) is 4.04. The van der Waals surface area contributed by atoms with Crippen LogP contribution in [0.15, 0.2) is 60.9 Å². The highest BCUT2D eigenvalue weighted by atomic mass is 32.1. The lowest BCUT2D eigenvalue weighted by Crippen LogP contribution is -2.32. The fourth-order valence-electron chi connectivity index (χ4n) is 3.47. The fourth-order valence-corrected chi connectivity index (χ4v) is 3.78. The first-order chi connectivity index (χ1) is 12.2. The van der Waals surface area contributed by atoms with E-state index in [1.54, 1.807) is 0 Å². The fraction of sp³-hybridized carbons (Fsp3) is 0.300. The summed E-state index contributed by atoms with van der Waals surface area (Å²) in [7, 11) is 0. The monoisotopic (exact) mass is 350 g/mol. The van der Waals surface area contributed by atoms with Crippen molar-refractivity contribution in [2.45, 2.75) is 32.6 Å². The minimum atomic E-state index is 0.185. The second-order valence-corrected chi connectivity index (χ2v) is 6.98. The van der Waals surface area contributed by atoms with Gasteiger partial charge in [-0.2, -0.15) is 5.10 Å². The smallest absolute Gasteiger partial charge is 0.199 e. The van der Waals surface area contributed by atoms with Crippen LogP contribution in [-0.2, 0) is 19.6 Å². The van der Waals surface area contributed by atoms with Crippen molar-refractivity contribution in [1.82, 2.24) is 19.2 Å². The average Bonchev–Trinajstić information content (AvgIpc) is 3.02. The number of rotatable bonds is 4. The third-order valence-corrected chi connectivity index (χ3v) is 5.42. The SMILES string of the molecule is CC(c1ccccc1)n1cnn(CN2CCc3ccccc3C2)c1=S. The summed E-state index contributed by atoms with van der Waals surface area (Å²) in [6.45, 7) is 4.90. The molecule has 1 aliphatic heterocycles. The van der Waals surface area contributed by atoms with Gasteiger partial charge in [0.1, 0.15) is 6.33 Å². The Bertz CT molecular complexity index is 913. The van der Waals surface area contributed by atoms with Crippen LogP contribution < -0.4 is 0 Å². The molecule has 0 saturated carbocycles. The van der Waals surface area contributed by atoms with Gasteiger partial charge in [0, 0.05) is 13.1 Å².